The van der Waals surface area contributed by atoms with E-state index in [4.69, 9.17) is 0 Å². The molecule has 1 aliphatic rings. The molecule has 0 bridgehead atoms. The molecule has 0 spiro atoms. The van der Waals surface area contributed by atoms with Crippen LogP contribution in [0.2, 0.25) is 0 Å². The van der Waals surface area contributed by atoms with E-state index in [0.29, 0.717) is 6.04 Å². The third-order valence-electron chi connectivity index (χ3n) is 2.96. The van der Waals surface area contributed by atoms with E-state index >= 15 is 0 Å². The lowest BCUT2D eigenvalue weighted by molar-refractivity contribution is 0.691. The zero-order chi connectivity index (χ0) is 10.3. The van der Waals surface area contributed by atoms with Crippen molar-refractivity contribution in [3.63, 3.8) is 0 Å². The summed E-state index contributed by atoms with van der Waals surface area (Å²) in [5, 5.41) is 6.70. The van der Waals surface area contributed by atoms with E-state index in [0.717, 1.165) is 22.0 Å². The number of aromatic nitrogens is 2. The number of thiophene rings is 1. The third kappa shape index (κ3) is 1.69. The zero-order valence-electron chi connectivity index (χ0n) is 8.60. The molecule has 0 radical (unpaired) electrons. The molecule has 0 aromatic carbocycles. The van der Waals surface area contributed by atoms with Gasteiger partial charge in [0.2, 0.25) is 0 Å². The fourth-order valence-electron chi connectivity index (χ4n) is 1.83. The molecule has 4 heteroatoms. The van der Waals surface area contributed by atoms with Crippen LogP contribution in [0.5, 0.6) is 0 Å². The average molecular weight is 219 g/mol. The van der Waals surface area contributed by atoms with Crippen LogP contribution in [0.4, 0.5) is 5.82 Å². The van der Waals surface area contributed by atoms with Crippen LogP contribution in [0.3, 0.4) is 0 Å². The van der Waals surface area contributed by atoms with Crippen molar-refractivity contribution in [2.24, 2.45) is 5.92 Å². The van der Waals surface area contributed by atoms with Crippen molar-refractivity contribution in [2.45, 2.75) is 25.8 Å². The van der Waals surface area contributed by atoms with Gasteiger partial charge in [0.05, 0.1) is 5.39 Å². The second kappa shape index (κ2) is 3.45. The maximum Gasteiger partial charge on any atom is 0.138 e. The molecule has 1 atom stereocenters. The van der Waals surface area contributed by atoms with Gasteiger partial charge in [-0.25, -0.2) is 9.97 Å². The highest BCUT2D eigenvalue weighted by Crippen LogP contribution is 2.34. The monoisotopic (exact) mass is 219 g/mol. The standard InChI is InChI=1S/C11H13N3S/c1-7(8-2-3-8)14-10-9-4-5-15-11(9)13-6-12-10/h4-8H,2-3H2,1H3,(H,12,13,14). The van der Waals surface area contributed by atoms with Crippen LogP contribution in [0, 0.1) is 5.92 Å². The lowest BCUT2D eigenvalue weighted by Gasteiger charge is -2.13. The van der Waals surface area contributed by atoms with Gasteiger partial charge in [0.25, 0.3) is 0 Å². The Morgan fingerprint density at radius 1 is 1.47 bits per heavy atom. The Hall–Kier alpha value is -1.16. The predicted molar refractivity (Wildman–Crippen MR) is 63.2 cm³/mol. The van der Waals surface area contributed by atoms with Crippen LogP contribution >= 0.6 is 11.3 Å². The number of hydrogen-bond acceptors (Lipinski definition) is 4. The summed E-state index contributed by atoms with van der Waals surface area (Å²) in [6, 6.07) is 2.62. The molecule has 1 N–H and O–H groups in total. The number of nitrogens with one attached hydrogen (secondary N) is 1. The van der Waals surface area contributed by atoms with Crippen LogP contribution in [0.15, 0.2) is 17.8 Å². The smallest absolute Gasteiger partial charge is 0.138 e. The molecule has 1 unspecified atom stereocenters. The summed E-state index contributed by atoms with van der Waals surface area (Å²) in [5.74, 6) is 1.83. The van der Waals surface area contributed by atoms with Crippen molar-refractivity contribution in [1.82, 2.24) is 9.97 Å². The summed E-state index contributed by atoms with van der Waals surface area (Å²) in [6.45, 7) is 2.23. The molecule has 2 heterocycles. The van der Waals surface area contributed by atoms with Crippen LogP contribution in [-0.4, -0.2) is 16.0 Å². The van der Waals surface area contributed by atoms with E-state index in [9.17, 15) is 0 Å². The van der Waals surface area contributed by atoms with Gasteiger partial charge in [0, 0.05) is 6.04 Å². The number of hydrogen-bond donors (Lipinski definition) is 1. The van der Waals surface area contributed by atoms with E-state index in [-0.39, 0.29) is 0 Å². The van der Waals surface area contributed by atoms with E-state index < -0.39 is 0 Å². The molecule has 2 aromatic rings. The van der Waals surface area contributed by atoms with Crippen LogP contribution < -0.4 is 5.32 Å². The van der Waals surface area contributed by atoms with Crippen molar-refractivity contribution in [1.29, 1.82) is 0 Å². The van der Waals surface area contributed by atoms with Crippen LogP contribution in [-0.2, 0) is 0 Å². The Kier molecular flexibility index (Phi) is 2.09. The minimum atomic E-state index is 0.531. The van der Waals surface area contributed by atoms with Crippen molar-refractivity contribution in [3.05, 3.63) is 17.8 Å². The minimum absolute atomic E-state index is 0.531. The van der Waals surface area contributed by atoms with E-state index in [1.165, 1.54) is 12.8 Å². The Balaban J connectivity index is 1.92. The molecule has 3 nitrogen and oxygen atoms in total. The van der Waals surface area contributed by atoms with Gasteiger partial charge in [0.15, 0.2) is 0 Å². The van der Waals surface area contributed by atoms with Crippen LogP contribution in [0.1, 0.15) is 19.8 Å². The number of anilines is 1. The number of rotatable bonds is 3. The largest absolute Gasteiger partial charge is 0.367 e. The van der Waals surface area contributed by atoms with Gasteiger partial charge in [-0.15, -0.1) is 11.3 Å². The van der Waals surface area contributed by atoms with Crippen molar-refractivity contribution in [3.8, 4) is 0 Å². The fraction of sp³-hybridized carbons (Fsp3) is 0.455. The lowest BCUT2D eigenvalue weighted by atomic mass is 10.2. The SMILES string of the molecule is CC(Nc1ncnc2sccc12)C1CC1. The molecule has 1 aliphatic carbocycles. The zero-order valence-corrected chi connectivity index (χ0v) is 9.42. The first-order chi connectivity index (χ1) is 7.34. The average Bonchev–Trinajstić information content (AvgIpc) is 2.97. The van der Waals surface area contributed by atoms with E-state index in [1.807, 2.05) is 0 Å². The highest BCUT2D eigenvalue weighted by atomic mass is 32.1. The predicted octanol–water partition coefficient (Wildman–Crippen LogP) is 2.90. The number of nitrogens with zero attached hydrogens (tertiary/aromatic N) is 2. The summed E-state index contributed by atoms with van der Waals surface area (Å²) >= 11 is 1.66. The van der Waals surface area contributed by atoms with Gasteiger partial charge in [-0.3, -0.25) is 0 Å². The highest BCUT2D eigenvalue weighted by Gasteiger charge is 2.28. The molecule has 15 heavy (non-hydrogen) atoms. The van der Waals surface area contributed by atoms with Gasteiger partial charge in [-0.2, -0.15) is 0 Å². The second-order valence-electron chi connectivity index (χ2n) is 4.13. The first kappa shape index (κ1) is 9.09. The quantitative estimate of drug-likeness (QED) is 0.862. The normalized spacial score (nSPS) is 17.9. The van der Waals surface area contributed by atoms with Gasteiger partial charge in [0.1, 0.15) is 17.0 Å². The van der Waals surface area contributed by atoms with Gasteiger partial charge < -0.3 is 5.32 Å². The first-order valence-corrected chi connectivity index (χ1v) is 6.17. The lowest BCUT2D eigenvalue weighted by Crippen LogP contribution is -2.18. The summed E-state index contributed by atoms with van der Waals surface area (Å²) in [4.78, 5) is 9.62. The van der Waals surface area contributed by atoms with Crippen molar-refractivity contribution in [2.75, 3.05) is 5.32 Å². The maximum atomic E-state index is 4.31. The van der Waals surface area contributed by atoms with Crippen LogP contribution in [0.25, 0.3) is 10.2 Å². The van der Waals surface area contributed by atoms with E-state index in [2.05, 4.69) is 33.7 Å². The molecule has 0 amide bonds. The molecule has 3 rings (SSSR count). The van der Waals surface area contributed by atoms with Crippen molar-refractivity contribution >= 4 is 27.4 Å². The molecule has 78 valence electrons. The van der Waals surface area contributed by atoms with Gasteiger partial charge >= 0.3 is 0 Å². The Morgan fingerprint density at radius 2 is 2.33 bits per heavy atom. The molecule has 0 aliphatic heterocycles. The molecular formula is C11H13N3S. The minimum Gasteiger partial charge on any atom is -0.367 e. The van der Waals surface area contributed by atoms with Crippen molar-refractivity contribution < 1.29 is 0 Å². The Labute approximate surface area is 92.6 Å². The molecule has 1 saturated carbocycles. The van der Waals surface area contributed by atoms with Gasteiger partial charge in [-0.05, 0) is 37.1 Å². The first-order valence-electron chi connectivity index (χ1n) is 5.29. The molecule has 2 aromatic heterocycles. The molecule has 1 fully saturated rings. The third-order valence-corrected chi connectivity index (χ3v) is 3.78. The topological polar surface area (TPSA) is 37.8 Å². The Morgan fingerprint density at radius 3 is 3.13 bits per heavy atom. The second-order valence-corrected chi connectivity index (χ2v) is 5.03. The fourth-order valence-corrected chi connectivity index (χ4v) is 2.57. The molecule has 0 saturated heterocycles. The number of fused-ring (bicyclic) bond motifs is 1. The van der Waals surface area contributed by atoms with E-state index in [1.54, 1.807) is 17.7 Å². The highest BCUT2D eigenvalue weighted by molar-refractivity contribution is 7.16. The summed E-state index contributed by atoms with van der Waals surface area (Å²) in [7, 11) is 0. The summed E-state index contributed by atoms with van der Waals surface area (Å²) < 4.78 is 0. The Bertz CT molecular complexity index is 475. The molecular weight excluding hydrogens is 206 g/mol. The maximum absolute atomic E-state index is 4.31. The summed E-state index contributed by atoms with van der Waals surface area (Å²) in [5.41, 5.74) is 0. The summed E-state index contributed by atoms with van der Waals surface area (Å²) in [6.07, 6.45) is 4.35. The van der Waals surface area contributed by atoms with Gasteiger partial charge in [-0.1, -0.05) is 0 Å².